The molecule has 0 heterocycles. The Morgan fingerprint density at radius 3 is 2.33 bits per heavy atom. The fourth-order valence-electron chi connectivity index (χ4n) is 1.10. The van der Waals surface area contributed by atoms with Crippen LogP contribution in [0.3, 0.4) is 0 Å². The summed E-state index contributed by atoms with van der Waals surface area (Å²) in [6, 6.07) is 8.88. The molecule has 0 fully saturated rings. The molecule has 0 radical (unpaired) electrons. The molecule has 0 aromatic heterocycles. The van der Waals surface area contributed by atoms with E-state index in [4.69, 9.17) is 5.11 Å². The number of benzene rings is 1. The molecule has 6 nitrogen and oxygen atoms in total. The maximum atomic E-state index is 11.1. The van der Waals surface area contributed by atoms with Gasteiger partial charge in [-0.3, -0.25) is 9.59 Å². The van der Waals surface area contributed by atoms with E-state index in [-0.39, 0.29) is 19.4 Å². The molecule has 0 atom stereocenters. The minimum Gasteiger partial charge on any atom is -0.481 e. The van der Waals surface area contributed by atoms with E-state index >= 15 is 0 Å². The van der Waals surface area contributed by atoms with E-state index in [2.05, 4.69) is 9.47 Å². The Bertz CT molecular complexity index is 425. The molecule has 0 aliphatic heterocycles. The van der Waals surface area contributed by atoms with Crippen molar-refractivity contribution in [1.82, 2.24) is 0 Å². The van der Waals surface area contributed by atoms with Crippen LogP contribution in [0.2, 0.25) is 0 Å². The lowest BCUT2D eigenvalue weighted by molar-refractivity contribution is -0.145. The third-order valence-corrected chi connectivity index (χ3v) is 1.94. The Kier molecular flexibility index (Phi) is 5.37. The third kappa shape index (κ3) is 5.64. The van der Waals surface area contributed by atoms with E-state index in [0.717, 1.165) is 5.56 Å². The largest absolute Gasteiger partial charge is 0.516 e. The molecular formula is C12H12O6. The number of carboxylic acid groups (broad SMARTS) is 1. The van der Waals surface area contributed by atoms with Crippen molar-refractivity contribution in [2.75, 3.05) is 0 Å². The molecule has 18 heavy (non-hydrogen) atoms. The number of esters is 1. The first kappa shape index (κ1) is 13.7. The van der Waals surface area contributed by atoms with E-state index in [1.165, 1.54) is 0 Å². The number of ether oxygens (including phenoxy) is 2. The average Bonchev–Trinajstić information content (AvgIpc) is 2.35. The fourth-order valence-corrected chi connectivity index (χ4v) is 1.10. The van der Waals surface area contributed by atoms with Crippen LogP contribution in [0.1, 0.15) is 18.4 Å². The first-order chi connectivity index (χ1) is 8.58. The predicted molar refractivity (Wildman–Crippen MR) is 59.6 cm³/mol. The summed E-state index contributed by atoms with van der Waals surface area (Å²) in [4.78, 5) is 32.2. The highest BCUT2D eigenvalue weighted by molar-refractivity contribution is 5.84. The zero-order valence-electron chi connectivity index (χ0n) is 9.50. The van der Waals surface area contributed by atoms with Gasteiger partial charge in [-0.15, -0.1) is 0 Å². The highest BCUT2D eigenvalue weighted by atomic mass is 16.7. The number of aliphatic carboxylic acids is 1. The summed E-state index contributed by atoms with van der Waals surface area (Å²) in [5, 5.41) is 8.32. The molecule has 96 valence electrons. The SMILES string of the molecule is O=C(O)CCC(=O)OC(=O)OCc1ccccc1. The highest BCUT2D eigenvalue weighted by Gasteiger charge is 2.13. The second-order valence-corrected chi connectivity index (χ2v) is 3.39. The van der Waals surface area contributed by atoms with Gasteiger partial charge in [0.1, 0.15) is 6.61 Å². The summed E-state index contributed by atoms with van der Waals surface area (Å²) in [6.45, 7) is -0.00805. The molecular weight excluding hydrogens is 240 g/mol. The number of rotatable bonds is 5. The van der Waals surface area contributed by atoms with E-state index in [1.54, 1.807) is 24.3 Å². The molecule has 0 saturated carbocycles. The van der Waals surface area contributed by atoms with Gasteiger partial charge in [0.25, 0.3) is 0 Å². The summed E-state index contributed by atoms with van der Waals surface area (Å²) < 4.78 is 8.94. The number of carbonyl (C=O) groups excluding carboxylic acids is 2. The molecule has 1 aromatic rings. The molecule has 1 aromatic carbocycles. The molecule has 0 aliphatic carbocycles. The van der Waals surface area contributed by atoms with E-state index in [1.807, 2.05) is 6.07 Å². The van der Waals surface area contributed by atoms with Crippen LogP contribution in [0, 0.1) is 0 Å². The maximum absolute atomic E-state index is 11.1. The summed E-state index contributed by atoms with van der Waals surface area (Å²) in [5.41, 5.74) is 0.757. The van der Waals surface area contributed by atoms with Crippen molar-refractivity contribution in [2.45, 2.75) is 19.4 Å². The first-order valence-corrected chi connectivity index (χ1v) is 5.21. The van der Waals surface area contributed by atoms with Crippen molar-refractivity contribution in [1.29, 1.82) is 0 Å². The number of carbonyl (C=O) groups is 3. The zero-order valence-corrected chi connectivity index (χ0v) is 9.50. The Balaban J connectivity index is 2.25. The molecule has 0 unspecified atom stereocenters. The van der Waals surface area contributed by atoms with E-state index < -0.39 is 18.1 Å². The van der Waals surface area contributed by atoms with Crippen molar-refractivity contribution in [3.05, 3.63) is 35.9 Å². The molecule has 0 spiro atoms. The summed E-state index contributed by atoms with van der Waals surface area (Å²) in [5.74, 6) is -2.06. The van der Waals surface area contributed by atoms with Crippen molar-refractivity contribution >= 4 is 18.1 Å². The summed E-state index contributed by atoms with van der Waals surface area (Å²) in [7, 11) is 0. The van der Waals surface area contributed by atoms with Crippen LogP contribution < -0.4 is 0 Å². The molecule has 1 N–H and O–H groups in total. The minimum atomic E-state index is -1.13. The van der Waals surface area contributed by atoms with Crippen LogP contribution in [-0.2, 0) is 25.7 Å². The molecule has 1 rings (SSSR count). The van der Waals surface area contributed by atoms with Crippen LogP contribution in [0.5, 0.6) is 0 Å². The van der Waals surface area contributed by atoms with Crippen LogP contribution in [0.15, 0.2) is 30.3 Å². The Labute approximate surface area is 103 Å². The topological polar surface area (TPSA) is 89.9 Å². The third-order valence-electron chi connectivity index (χ3n) is 1.94. The summed E-state index contributed by atoms with van der Waals surface area (Å²) >= 11 is 0. The highest BCUT2D eigenvalue weighted by Crippen LogP contribution is 2.02. The molecule has 0 amide bonds. The lowest BCUT2D eigenvalue weighted by Gasteiger charge is -2.04. The van der Waals surface area contributed by atoms with Crippen molar-refractivity contribution in [2.24, 2.45) is 0 Å². The van der Waals surface area contributed by atoms with Gasteiger partial charge in [-0.25, -0.2) is 4.79 Å². The van der Waals surface area contributed by atoms with Crippen molar-refractivity contribution in [3.63, 3.8) is 0 Å². The zero-order chi connectivity index (χ0) is 13.4. The Morgan fingerprint density at radius 2 is 1.72 bits per heavy atom. The molecule has 0 bridgehead atoms. The maximum Gasteiger partial charge on any atom is 0.516 e. The van der Waals surface area contributed by atoms with Gasteiger partial charge in [0.15, 0.2) is 0 Å². The quantitative estimate of drug-likeness (QED) is 0.634. The number of hydrogen-bond acceptors (Lipinski definition) is 5. The minimum absolute atomic E-state index is 0.00805. The second kappa shape index (κ2) is 7.05. The van der Waals surface area contributed by atoms with Gasteiger partial charge >= 0.3 is 18.1 Å². The normalized spacial score (nSPS) is 9.56. The molecule has 6 heteroatoms. The number of hydrogen-bond donors (Lipinski definition) is 1. The second-order valence-electron chi connectivity index (χ2n) is 3.39. The Morgan fingerprint density at radius 1 is 1.06 bits per heavy atom. The van der Waals surface area contributed by atoms with Gasteiger partial charge in [0.05, 0.1) is 12.8 Å². The van der Waals surface area contributed by atoms with Crippen LogP contribution in [-0.4, -0.2) is 23.2 Å². The summed E-state index contributed by atoms with van der Waals surface area (Å²) in [6.07, 6.45) is -1.88. The van der Waals surface area contributed by atoms with Gasteiger partial charge in [-0.1, -0.05) is 30.3 Å². The van der Waals surface area contributed by atoms with Crippen molar-refractivity contribution in [3.8, 4) is 0 Å². The number of carboxylic acids is 1. The lowest BCUT2D eigenvalue weighted by Crippen LogP contribution is -2.14. The van der Waals surface area contributed by atoms with Gasteiger partial charge in [0.2, 0.25) is 0 Å². The van der Waals surface area contributed by atoms with Gasteiger partial charge in [0, 0.05) is 0 Å². The van der Waals surface area contributed by atoms with Gasteiger partial charge < -0.3 is 14.6 Å². The van der Waals surface area contributed by atoms with Gasteiger partial charge in [-0.05, 0) is 5.56 Å². The van der Waals surface area contributed by atoms with Crippen LogP contribution in [0.4, 0.5) is 4.79 Å². The van der Waals surface area contributed by atoms with Gasteiger partial charge in [-0.2, -0.15) is 0 Å². The average molecular weight is 252 g/mol. The Hall–Kier alpha value is -2.37. The fraction of sp³-hybridized carbons (Fsp3) is 0.250. The lowest BCUT2D eigenvalue weighted by atomic mass is 10.2. The van der Waals surface area contributed by atoms with Crippen LogP contribution in [0.25, 0.3) is 0 Å². The van der Waals surface area contributed by atoms with E-state index in [0.29, 0.717) is 0 Å². The molecule has 0 aliphatic rings. The van der Waals surface area contributed by atoms with E-state index in [9.17, 15) is 14.4 Å². The van der Waals surface area contributed by atoms with Crippen LogP contribution >= 0.6 is 0 Å². The molecule has 0 saturated heterocycles. The van der Waals surface area contributed by atoms with Crippen molar-refractivity contribution < 1.29 is 29.0 Å². The standard InChI is InChI=1S/C12H12O6/c13-10(14)6-7-11(15)18-12(16)17-8-9-4-2-1-3-5-9/h1-5H,6-8H2,(H,13,14). The smallest absolute Gasteiger partial charge is 0.481 e. The predicted octanol–water partition coefficient (Wildman–Crippen LogP) is 1.73. The monoisotopic (exact) mass is 252 g/mol. The first-order valence-electron chi connectivity index (χ1n) is 5.21.